The lowest BCUT2D eigenvalue weighted by Gasteiger charge is -2.21. The molecule has 0 aromatic heterocycles. The van der Waals surface area contributed by atoms with Gasteiger partial charge in [0.2, 0.25) is 0 Å². The van der Waals surface area contributed by atoms with E-state index in [0.717, 1.165) is 38.6 Å². The number of hydrogen-bond donors (Lipinski definition) is 1. The highest BCUT2D eigenvalue weighted by atomic mass is 16.5. The minimum atomic E-state index is -0.450. The molecule has 1 aliphatic carbocycles. The van der Waals surface area contributed by atoms with E-state index in [9.17, 15) is 4.79 Å². The summed E-state index contributed by atoms with van der Waals surface area (Å²) in [5.74, 6) is -0.183. The predicted molar refractivity (Wildman–Crippen MR) is 101 cm³/mol. The Kier molecular flexibility index (Phi) is 12.2. The maximum atomic E-state index is 12.3. The summed E-state index contributed by atoms with van der Waals surface area (Å²) in [6.07, 6.45) is 16.6. The fourth-order valence-corrected chi connectivity index (χ4v) is 3.41. The molecule has 2 N–H and O–H groups in total. The molecule has 1 fully saturated rings. The zero-order chi connectivity index (χ0) is 17.6. The third-order valence-electron chi connectivity index (χ3n) is 5.01. The highest BCUT2D eigenvalue weighted by molar-refractivity contribution is 5.75. The molecule has 0 bridgehead atoms. The van der Waals surface area contributed by atoms with Crippen molar-refractivity contribution >= 4 is 5.97 Å². The van der Waals surface area contributed by atoms with Gasteiger partial charge in [-0.15, -0.1) is 0 Å². The molecule has 0 saturated heterocycles. The van der Waals surface area contributed by atoms with Gasteiger partial charge in [0.05, 0.1) is 0 Å². The van der Waals surface area contributed by atoms with E-state index in [-0.39, 0.29) is 12.1 Å². The average molecular weight is 341 g/mol. The highest BCUT2D eigenvalue weighted by Crippen LogP contribution is 2.19. The van der Waals surface area contributed by atoms with Crippen LogP contribution in [-0.2, 0) is 9.53 Å². The van der Waals surface area contributed by atoms with Crippen LogP contribution in [0.25, 0.3) is 0 Å². The van der Waals surface area contributed by atoms with E-state index in [0.29, 0.717) is 0 Å². The Morgan fingerprint density at radius 1 is 0.958 bits per heavy atom. The Balaban J connectivity index is 2.28. The molecule has 1 atom stereocenters. The van der Waals surface area contributed by atoms with Gasteiger partial charge in [0.25, 0.3) is 0 Å². The Labute approximate surface area is 149 Å². The summed E-state index contributed by atoms with van der Waals surface area (Å²) in [5.41, 5.74) is 6.03. The van der Waals surface area contributed by atoms with E-state index in [1.807, 2.05) is 0 Å². The molecule has 0 heterocycles. The molecule has 0 radical (unpaired) electrons. The van der Waals surface area contributed by atoms with Gasteiger partial charge in [-0.3, -0.25) is 4.79 Å². The number of unbranched alkanes of at least 4 members (excludes halogenated alkanes) is 1. The topological polar surface area (TPSA) is 55.6 Å². The van der Waals surface area contributed by atoms with Crippen molar-refractivity contribution in [2.75, 3.05) is 20.6 Å². The first-order valence-corrected chi connectivity index (χ1v) is 10.2. The third-order valence-corrected chi connectivity index (χ3v) is 5.01. The molecule has 24 heavy (non-hydrogen) atoms. The van der Waals surface area contributed by atoms with Gasteiger partial charge in [0, 0.05) is 0 Å². The molecule has 1 aliphatic rings. The van der Waals surface area contributed by atoms with E-state index in [1.165, 1.54) is 57.8 Å². The lowest BCUT2D eigenvalue weighted by atomic mass is 9.99. The van der Waals surface area contributed by atoms with Gasteiger partial charge in [-0.1, -0.05) is 51.4 Å². The van der Waals surface area contributed by atoms with E-state index >= 15 is 0 Å². The largest absolute Gasteiger partial charge is 0.461 e. The van der Waals surface area contributed by atoms with Crippen LogP contribution in [-0.4, -0.2) is 43.7 Å². The van der Waals surface area contributed by atoms with Crippen molar-refractivity contribution < 1.29 is 9.53 Å². The van der Waals surface area contributed by atoms with E-state index < -0.39 is 6.04 Å². The first-order chi connectivity index (χ1) is 11.6. The summed E-state index contributed by atoms with van der Waals surface area (Å²) in [7, 11) is 4.13. The summed E-state index contributed by atoms with van der Waals surface area (Å²) in [6, 6.07) is -0.450. The number of esters is 1. The Morgan fingerprint density at radius 2 is 1.46 bits per heavy atom. The zero-order valence-corrected chi connectivity index (χ0v) is 16.1. The van der Waals surface area contributed by atoms with Gasteiger partial charge in [-0.2, -0.15) is 0 Å². The Hall–Kier alpha value is -0.610. The molecule has 0 aromatic carbocycles. The minimum Gasteiger partial charge on any atom is -0.461 e. The number of carbonyl (C=O) groups excluding carboxylic acids is 1. The first kappa shape index (κ1) is 21.4. The SMILES string of the molecule is CN(C)CCCC[C@H](N)C(=O)OC1CCCCCCCCCCC1. The molecule has 1 rings (SSSR count). The van der Waals surface area contributed by atoms with E-state index in [1.54, 1.807) is 0 Å². The second-order valence-electron chi connectivity index (χ2n) is 7.72. The molecule has 0 spiro atoms. The molecule has 0 amide bonds. The minimum absolute atomic E-state index is 0.0877. The van der Waals surface area contributed by atoms with Crippen molar-refractivity contribution in [3.63, 3.8) is 0 Å². The van der Waals surface area contributed by atoms with Gasteiger partial charge in [0.15, 0.2) is 0 Å². The summed E-state index contributed by atoms with van der Waals surface area (Å²) in [6.45, 7) is 1.05. The first-order valence-electron chi connectivity index (χ1n) is 10.2. The maximum absolute atomic E-state index is 12.3. The molecule has 0 aromatic rings. The van der Waals surface area contributed by atoms with Crippen LogP contribution in [0.15, 0.2) is 0 Å². The van der Waals surface area contributed by atoms with Gasteiger partial charge in [0.1, 0.15) is 12.1 Å². The van der Waals surface area contributed by atoms with Gasteiger partial charge < -0.3 is 15.4 Å². The average Bonchev–Trinajstić information content (AvgIpc) is 2.53. The zero-order valence-electron chi connectivity index (χ0n) is 16.1. The summed E-state index contributed by atoms with van der Waals surface area (Å²) in [5, 5.41) is 0. The van der Waals surface area contributed by atoms with Crippen LogP contribution in [0, 0.1) is 0 Å². The Morgan fingerprint density at radius 3 is 1.96 bits per heavy atom. The van der Waals surface area contributed by atoms with Crippen LogP contribution < -0.4 is 5.73 Å². The molecule has 4 nitrogen and oxygen atoms in total. The molecular weight excluding hydrogens is 300 g/mol. The molecular formula is C20H40N2O2. The molecule has 0 unspecified atom stereocenters. The summed E-state index contributed by atoms with van der Waals surface area (Å²) in [4.78, 5) is 14.4. The number of ether oxygens (including phenoxy) is 1. The maximum Gasteiger partial charge on any atom is 0.323 e. The summed E-state index contributed by atoms with van der Waals surface area (Å²) >= 11 is 0. The summed E-state index contributed by atoms with van der Waals surface area (Å²) < 4.78 is 5.76. The van der Waals surface area contributed by atoms with Crippen LogP contribution >= 0.6 is 0 Å². The van der Waals surface area contributed by atoms with Crippen molar-refractivity contribution in [3.05, 3.63) is 0 Å². The molecule has 4 heteroatoms. The number of nitrogens with zero attached hydrogens (tertiary/aromatic N) is 1. The van der Waals surface area contributed by atoms with Gasteiger partial charge >= 0.3 is 5.97 Å². The van der Waals surface area contributed by atoms with Crippen molar-refractivity contribution in [3.8, 4) is 0 Å². The molecule has 0 aliphatic heterocycles. The van der Waals surface area contributed by atoms with Gasteiger partial charge in [-0.25, -0.2) is 0 Å². The lowest BCUT2D eigenvalue weighted by molar-refractivity contribution is -0.151. The number of hydrogen-bond acceptors (Lipinski definition) is 4. The van der Waals surface area contributed by atoms with Gasteiger partial charge in [-0.05, 0) is 59.2 Å². The monoisotopic (exact) mass is 340 g/mol. The smallest absolute Gasteiger partial charge is 0.323 e. The fourth-order valence-electron chi connectivity index (χ4n) is 3.41. The van der Waals surface area contributed by atoms with Crippen LogP contribution in [0.2, 0.25) is 0 Å². The second-order valence-corrected chi connectivity index (χ2v) is 7.72. The normalized spacial score (nSPS) is 20.2. The lowest BCUT2D eigenvalue weighted by Crippen LogP contribution is -2.35. The third kappa shape index (κ3) is 11.0. The van der Waals surface area contributed by atoms with Crippen LogP contribution in [0.1, 0.15) is 89.9 Å². The van der Waals surface area contributed by atoms with Crippen molar-refractivity contribution in [2.24, 2.45) is 5.73 Å². The highest BCUT2D eigenvalue weighted by Gasteiger charge is 2.20. The standard InChI is InChI=1S/C20H40N2O2/c1-22(2)17-13-12-16-19(21)20(23)24-18-14-10-8-6-4-3-5-7-9-11-15-18/h18-19H,3-17,21H2,1-2H3/t19-/m0/s1. The predicted octanol–water partition coefficient (Wildman–Crippen LogP) is 4.26. The van der Waals surface area contributed by atoms with E-state index in [2.05, 4.69) is 19.0 Å². The van der Waals surface area contributed by atoms with Crippen LogP contribution in [0.3, 0.4) is 0 Å². The Bertz CT molecular complexity index is 309. The van der Waals surface area contributed by atoms with Crippen molar-refractivity contribution in [1.82, 2.24) is 4.90 Å². The van der Waals surface area contributed by atoms with Crippen molar-refractivity contribution in [2.45, 2.75) is 102 Å². The van der Waals surface area contributed by atoms with Crippen LogP contribution in [0.4, 0.5) is 0 Å². The number of rotatable bonds is 7. The van der Waals surface area contributed by atoms with Crippen molar-refractivity contribution in [1.29, 1.82) is 0 Å². The second kappa shape index (κ2) is 13.7. The molecule has 142 valence electrons. The number of carbonyl (C=O) groups is 1. The quantitative estimate of drug-likeness (QED) is 0.556. The number of nitrogens with two attached hydrogens (primary N) is 1. The molecule has 1 saturated carbocycles. The van der Waals surface area contributed by atoms with E-state index in [4.69, 9.17) is 10.5 Å². The fraction of sp³-hybridized carbons (Fsp3) is 0.950. The van der Waals surface area contributed by atoms with Crippen LogP contribution in [0.5, 0.6) is 0 Å².